The first-order valence-corrected chi connectivity index (χ1v) is 5.17. The van der Waals surface area contributed by atoms with Crippen LogP contribution in [0.5, 0.6) is 0 Å². The van der Waals surface area contributed by atoms with Crippen molar-refractivity contribution in [3.05, 3.63) is 0 Å². The standard InChI is InChI=1S/C10H18N2O/c1-8(2)12-6-4-10(9(12)13)3-5-11-7-10/h8,11H,3-7H2,1-2H3. The van der Waals surface area contributed by atoms with Crippen LogP contribution < -0.4 is 5.32 Å². The highest BCUT2D eigenvalue weighted by molar-refractivity contribution is 5.85. The van der Waals surface area contributed by atoms with Crippen LogP contribution in [0.2, 0.25) is 0 Å². The average Bonchev–Trinajstić information content (AvgIpc) is 2.64. The Morgan fingerprint density at radius 3 is 2.69 bits per heavy atom. The number of hydrogen-bond acceptors (Lipinski definition) is 2. The lowest BCUT2D eigenvalue weighted by atomic mass is 9.86. The van der Waals surface area contributed by atoms with E-state index in [1.807, 2.05) is 4.90 Å². The Morgan fingerprint density at radius 1 is 1.46 bits per heavy atom. The van der Waals surface area contributed by atoms with Gasteiger partial charge in [-0.1, -0.05) is 0 Å². The number of carbonyl (C=O) groups excluding carboxylic acids is 1. The summed E-state index contributed by atoms with van der Waals surface area (Å²) in [6, 6.07) is 0.368. The second-order valence-electron chi connectivity index (χ2n) is 4.55. The van der Waals surface area contributed by atoms with Gasteiger partial charge >= 0.3 is 0 Å². The van der Waals surface area contributed by atoms with Crippen LogP contribution in [0.15, 0.2) is 0 Å². The molecule has 2 aliphatic rings. The Bertz CT molecular complexity index is 219. The fourth-order valence-corrected chi connectivity index (χ4v) is 2.48. The predicted octanol–water partition coefficient (Wildman–Crippen LogP) is 0.607. The van der Waals surface area contributed by atoms with Crippen LogP contribution in [-0.2, 0) is 4.79 Å². The maximum atomic E-state index is 12.1. The SMILES string of the molecule is CC(C)N1CCC2(CCNC2)C1=O. The minimum Gasteiger partial charge on any atom is -0.340 e. The van der Waals surface area contributed by atoms with Gasteiger partial charge in [0.1, 0.15) is 0 Å². The molecule has 3 nitrogen and oxygen atoms in total. The second kappa shape index (κ2) is 2.98. The third kappa shape index (κ3) is 1.26. The minimum atomic E-state index is -0.0235. The number of likely N-dealkylation sites (tertiary alicyclic amines) is 1. The van der Waals surface area contributed by atoms with E-state index >= 15 is 0 Å². The third-order valence-electron chi connectivity index (χ3n) is 3.41. The van der Waals surface area contributed by atoms with Gasteiger partial charge in [-0.15, -0.1) is 0 Å². The zero-order chi connectivity index (χ0) is 9.47. The van der Waals surface area contributed by atoms with Gasteiger partial charge in [-0.2, -0.15) is 0 Å². The van der Waals surface area contributed by atoms with Crippen molar-refractivity contribution in [3.8, 4) is 0 Å². The average molecular weight is 182 g/mol. The van der Waals surface area contributed by atoms with Crippen molar-refractivity contribution < 1.29 is 4.79 Å². The Kier molecular flexibility index (Phi) is 2.06. The van der Waals surface area contributed by atoms with Gasteiger partial charge in [-0.25, -0.2) is 0 Å². The van der Waals surface area contributed by atoms with Gasteiger partial charge < -0.3 is 10.2 Å². The normalized spacial score (nSPS) is 34.1. The fourth-order valence-electron chi connectivity index (χ4n) is 2.48. The molecule has 1 N–H and O–H groups in total. The van der Waals surface area contributed by atoms with Gasteiger partial charge in [-0.05, 0) is 33.2 Å². The van der Waals surface area contributed by atoms with E-state index in [0.717, 1.165) is 32.5 Å². The molecule has 2 rings (SSSR count). The summed E-state index contributed by atoms with van der Waals surface area (Å²) < 4.78 is 0. The highest BCUT2D eigenvalue weighted by Gasteiger charge is 2.48. The van der Waals surface area contributed by atoms with Crippen molar-refractivity contribution >= 4 is 5.91 Å². The molecule has 0 saturated carbocycles. The second-order valence-corrected chi connectivity index (χ2v) is 4.55. The molecule has 1 amide bonds. The Morgan fingerprint density at radius 2 is 2.23 bits per heavy atom. The molecule has 2 saturated heterocycles. The van der Waals surface area contributed by atoms with E-state index in [-0.39, 0.29) is 5.41 Å². The minimum absolute atomic E-state index is 0.0235. The summed E-state index contributed by atoms with van der Waals surface area (Å²) in [6.07, 6.45) is 2.09. The van der Waals surface area contributed by atoms with Crippen LogP contribution in [0, 0.1) is 5.41 Å². The Balaban J connectivity index is 2.14. The number of amides is 1. The molecule has 13 heavy (non-hydrogen) atoms. The molecule has 0 radical (unpaired) electrons. The molecule has 0 bridgehead atoms. The molecule has 0 aromatic heterocycles. The molecule has 0 aliphatic carbocycles. The molecule has 1 atom stereocenters. The van der Waals surface area contributed by atoms with Gasteiger partial charge in [0, 0.05) is 19.1 Å². The summed E-state index contributed by atoms with van der Waals surface area (Å²) in [5.74, 6) is 0.382. The largest absolute Gasteiger partial charge is 0.340 e. The van der Waals surface area contributed by atoms with Gasteiger partial charge in [0.25, 0.3) is 0 Å². The van der Waals surface area contributed by atoms with E-state index < -0.39 is 0 Å². The molecule has 2 heterocycles. The van der Waals surface area contributed by atoms with Gasteiger partial charge in [-0.3, -0.25) is 4.79 Å². The first kappa shape index (κ1) is 9.00. The topological polar surface area (TPSA) is 32.3 Å². The van der Waals surface area contributed by atoms with Gasteiger partial charge in [0.05, 0.1) is 5.41 Å². The van der Waals surface area contributed by atoms with Crippen LogP contribution in [0.25, 0.3) is 0 Å². The summed E-state index contributed by atoms with van der Waals surface area (Å²) >= 11 is 0. The zero-order valence-corrected chi connectivity index (χ0v) is 8.47. The number of rotatable bonds is 1. The van der Waals surface area contributed by atoms with Crippen molar-refractivity contribution in [3.63, 3.8) is 0 Å². The number of nitrogens with zero attached hydrogens (tertiary/aromatic N) is 1. The quantitative estimate of drug-likeness (QED) is 0.644. The Hall–Kier alpha value is -0.570. The highest BCUT2D eigenvalue weighted by atomic mass is 16.2. The van der Waals surface area contributed by atoms with E-state index in [4.69, 9.17) is 0 Å². The maximum Gasteiger partial charge on any atom is 0.230 e. The van der Waals surface area contributed by atoms with Crippen molar-refractivity contribution in [1.82, 2.24) is 10.2 Å². The van der Waals surface area contributed by atoms with Gasteiger partial charge in [0.2, 0.25) is 5.91 Å². The highest BCUT2D eigenvalue weighted by Crippen LogP contribution is 2.37. The van der Waals surface area contributed by atoms with Crippen molar-refractivity contribution in [2.75, 3.05) is 19.6 Å². The first-order valence-electron chi connectivity index (χ1n) is 5.17. The van der Waals surface area contributed by atoms with Crippen molar-refractivity contribution in [1.29, 1.82) is 0 Å². The Labute approximate surface area is 79.5 Å². The molecule has 0 aromatic carbocycles. The van der Waals surface area contributed by atoms with Crippen LogP contribution in [0.1, 0.15) is 26.7 Å². The zero-order valence-electron chi connectivity index (χ0n) is 8.47. The monoisotopic (exact) mass is 182 g/mol. The van der Waals surface area contributed by atoms with Crippen LogP contribution >= 0.6 is 0 Å². The smallest absolute Gasteiger partial charge is 0.230 e. The van der Waals surface area contributed by atoms with Crippen LogP contribution in [0.4, 0.5) is 0 Å². The molecular weight excluding hydrogens is 164 g/mol. The number of hydrogen-bond donors (Lipinski definition) is 1. The van der Waals surface area contributed by atoms with E-state index in [0.29, 0.717) is 11.9 Å². The van der Waals surface area contributed by atoms with E-state index in [1.54, 1.807) is 0 Å². The number of nitrogens with one attached hydrogen (secondary N) is 1. The summed E-state index contributed by atoms with van der Waals surface area (Å²) in [4.78, 5) is 14.1. The van der Waals surface area contributed by atoms with Crippen molar-refractivity contribution in [2.24, 2.45) is 5.41 Å². The molecule has 0 aromatic rings. The van der Waals surface area contributed by atoms with E-state index in [9.17, 15) is 4.79 Å². The maximum absolute atomic E-state index is 12.1. The summed E-state index contributed by atoms with van der Waals surface area (Å²) in [5.41, 5.74) is -0.0235. The van der Waals surface area contributed by atoms with E-state index in [1.165, 1.54) is 0 Å². The third-order valence-corrected chi connectivity index (χ3v) is 3.41. The predicted molar refractivity (Wildman–Crippen MR) is 51.4 cm³/mol. The fraction of sp³-hybridized carbons (Fsp3) is 0.900. The summed E-state index contributed by atoms with van der Waals surface area (Å²) in [7, 11) is 0. The van der Waals surface area contributed by atoms with E-state index in [2.05, 4.69) is 19.2 Å². The lowest BCUT2D eigenvalue weighted by Crippen LogP contribution is -2.39. The molecule has 2 aliphatic heterocycles. The number of carbonyl (C=O) groups is 1. The van der Waals surface area contributed by atoms with Crippen LogP contribution in [-0.4, -0.2) is 36.5 Å². The lowest BCUT2D eigenvalue weighted by molar-refractivity contribution is -0.136. The molecule has 3 heteroatoms. The lowest BCUT2D eigenvalue weighted by Gasteiger charge is -2.24. The molecular formula is C10H18N2O. The first-order chi connectivity index (χ1) is 6.16. The van der Waals surface area contributed by atoms with Crippen LogP contribution in [0.3, 0.4) is 0 Å². The molecule has 2 fully saturated rings. The summed E-state index contributed by atoms with van der Waals surface area (Å²) in [6.45, 7) is 7.06. The summed E-state index contributed by atoms with van der Waals surface area (Å²) in [5, 5.41) is 3.30. The van der Waals surface area contributed by atoms with Gasteiger partial charge in [0.15, 0.2) is 0 Å². The molecule has 1 spiro atoms. The van der Waals surface area contributed by atoms with Crippen molar-refractivity contribution in [2.45, 2.75) is 32.7 Å². The molecule has 1 unspecified atom stereocenters. The molecule has 74 valence electrons.